The van der Waals surface area contributed by atoms with Gasteiger partial charge in [-0.15, -0.1) is 0 Å². The molecule has 15 heavy (non-hydrogen) atoms. The van der Waals surface area contributed by atoms with E-state index in [4.69, 9.17) is 5.73 Å². The fourth-order valence-electron chi connectivity index (χ4n) is 1.16. The first-order chi connectivity index (χ1) is 7.16. The minimum atomic E-state index is -0.399. The second-order valence-corrected chi connectivity index (χ2v) is 3.02. The summed E-state index contributed by atoms with van der Waals surface area (Å²) < 4.78 is 12.6. The summed E-state index contributed by atoms with van der Waals surface area (Å²) in [4.78, 5) is 17.6. The van der Waals surface area contributed by atoms with Gasteiger partial charge in [-0.1, -0.05) is 0 Å². The second kappa shape index (κ2) is 3.53. The first-order valence-electron chi connectivity index (χ1n) is 4.27. The molecule has 0 spiro atoms. The molecule has 2 aromatic rings. The molecule has 0 amide bonds. The van der Waals surface area contributed by atoms with Gasteiger partial charge in [0.15, 0.2) is 0 Å². The van der Waals surface area contributed by atoms with Gasteiger partial charge in [-0.3, -0.25) is 4.79 Å². The lowest BCUT2D eigenvalue weighted by Gasteiger charge is -2.00. The zero-order valence-electron chi connectivity index (χ0n) is 7.70. The number of hydrogen-bond donors (Lipinski definition) is 2. The van der Waals surface area contributed by atoms with E-state index >= 15 is 0 Å². The third-order valence-electron chi connectivity index (χ3n) is 1.94. The van der Waals surface area contributed by atoms with Gasteiger partial charge < -0.3 is 10.7 Å². The molecule has 0 aliphatic rings. The Kier molecular flexibility index (Phi) is 2.21. The zero-order chi connectivity index (χ0) is 10.8. The maximum atomic E-state index is 12.6. The third-order valence-corrected chi connectivity index (χ3v) is 1.94. The van der Waals surface area contributed by atoms with Crippen molar-refractivity contribution in [1.29, 1.82) is 0 Å². The maximum absolute atomic E-state index is 12.6. The summed E-state index contributed by atoms with van der Waals surface area (Å²) >= 11 is 0. The van der Waals surface area contributed by atoms with Crippen molar-refractivity contribution in [3.63, 3.8) is 0 Å². The smallest absolute Gasteiger partial charge is 0.274 e. The van der Waals surface area contributed by atoms with Crippen LogP contribution in [0.15, 0.2) is 35.3 Å². The molecule has 0 saturated carbocycles. The molecule has 0 aliphatic carbocycles. The fraction of sp³-hybridized carbons (Fsp3) is 0. The van der Waals surface area contributed by atoms with Gasteiger partial charge in [0.2, 0.25) is 0 Å². The van der Waals surface area contributed by atoms with Gasteiger partial charge in [-0.2, -0.15) is 0 Å². The average molecular weight is 205 g/mol. The van der Waals surface area contributed by atoms with E-state index in [1.807, 2.05) is 0 Å². The van der Waals surface area contributed by atoms with Crippen LogP contribution in [-0.4, -0.2) is 9.97 Å². The van der Waals surface area contributed by atoms with Crippen LogP contribution in [0.5, 0.6) is 0 Å². The topological polar surface area (TPSA) is 71.8 Å². The van der Waals surface area contributed by atoms with Gasteiger partial charge in [-0.05, 0) is 24.3 Å². The minimum absolute atomic E-state index is 0.0564. The van der Waals surface area contributed by atoms with Crippen molar-refractivity contribution in [3.8, 4) is 11.4 Å². The van der Waals surface area contributed by atoms with Crippen molar-refractivity contribution in [2.75, 3.05) is 5.73 Å². The molecule has 0 unspecified atom stereocenters. The number of halogens is 1. The molecule has 0 aliphatic heterocycles. The summed E-state index contributed by atoms with van der Waals surface area (Å²) in [7, 11) is 0. The number of aromatic nitrogens is 2. The predicted octanol–water partition coefficient (Wildman–Crippen LogP) is 1.16. The summed E-state index contributed by atoms with van der Waals surface area (Å²) in [5.74, 6) is 0.0331. The molecule has 1 aromatic carbocycles. The normalized spacial score (nSPS) is 10.2. The van der Waals surface area contributed by atoms with Crippen molar-refractivity contribution >= 4 is 5.69 Å². The molecule has 0 fully saturated rings. The molecular formula is C10H8FN3O. The van der Waals surface area contributed by atoms with E-state index < -0.39 is 5.56 Å². The molecule has 0 bridgehead atoms. The van der Waals surface area contributed by atoms with Crippen molar-refractivity contribution in [2.24, 2.45) is 0 Å². The first kappa shape index (κ1) is 9.39. The highest BCUT2D eigenvalue weighted by molar-refractivity contribution is 5.55. The van der Waals surface area contributed by atoms with Crippen LogP contribution >= 0.6 is 0 Å². The van der Waals surface area contributed by atoms with Crippen LogP contribution < -0.4 is 11.3 Å². The number of anilines is 1. The molecule has 5 heteroatoms. The Balaban J connectivity index is 2.50. The highest BCUT2D eigenvalue weighted by atomic mass is 19.1. The average Bonchev–Trinajstić information content (AvgIpc) is 2.23. The number of benzene rings is 1. The summed E-state index contributed by atoms with van der Waals surface area (Å²) in [6.45, 7) is 0. The van der Waals surface area contributed by atoms with E-state index in [9.17, 15) is 9.18 Å². The van der Waals surface area contributed by atoms with Crippen molar-refractivity contribution in [3.05, 3.63) is 46.6 Å². The van der Waals surface area contributed by atoms with Gasteiger partial charge in [-0.25, -0.2) is 9.37 Å². The quantitative estimate of drug-likeness (QED) is 0.733. The number of nitrogen functional groups attached to an aromatic ring is 1. The van der Waals surface area contributed by atoms with Crippen molar-refractivity contribution in [2.45, 2.75) is 0 Å². The van der Waals surface area contributed by atoms with Crippen molar-refractivity contribution < 1.29 is 4.39 Å². The summed E-state index contributed by atoms with van der Waals surface area (Å²) in [5.41, 5.74) is 5.62. The standard InChI is InChI=1S/C10H8FN3O/c11-7-3-1-6(2-4-7)9-13-5-8(12)10(15)14-9/h1-5H,12H2,(H,13,14,15). The Bertz CT molecular complexity index is 533. The molecule has 0 saturated heterocycles. The molecule has 0 radical (unpaired) electrons. The lowest BCUT2D eigenvalue weighted by Crippen LogP contribution is -2.13. The lowest BCUT2D eigenvalue weighted by atomic mass is 10.2. The van der Waals surface area contributed by atoms with Gasteiger partial charge >= 0.3 is 0 Å². The Morgan fingerprint density at radius 3 is 2.53 bits per heavy atom. The summed E-state index contributed by atoms with van der Waals surface area (Å²) in [6.07, 6.45) is 1.28. The largest absolute Gasteiger partial charge is 0.393 e. The summed E-state index contributed by atoms with van der Waals surface area (Å²) in [6, 6.07) is 5.66. The minimum Gasteiger partial charge on any atom is -0.393 e. The van der Waals surface area contributed by atoms with Crippen molar-refractivity contribution in [1.82, 2.24) is 9.97 Å². The van der Waals surface area contributed by atoms with Crippen LogP contribution in [0, 0.1) is 5.82 Å². The van der Waals surface area contributed by atoms with Crippen LogP contribution in [0.25, 0.3) is 11.4 Å². The molecule has 1 heterocycles. The molecule has 3 N–H and O–H groups in total. The highest BCUT2D eigenvalue weighted by Crippen LogP contribution is 2.13. The van der Waals surface area contributed by atoms with E-state index in [1.165, 1.54) is 30.5 Å². The van der Waals surface area contributed by atoms with Crippen LogP contribution in [0.2, 0.25) is 0 Å². The number of H-pyrrole nitrogens is 1. The Morgan fingerprint density at radius 2 is 1.93 bits per heavy atom. The number of hydrogen-bond acceptors (Lipinski definition) is 3. The molecule has 1 aromatic heterocycles. The summed E-state index contributed by atoms with van der Waals surface area (Å²) in [5, 5.41) is 0. The number of nitrogens with zero attached hydrogens (tertiary/aromatic N) is 1. The van der Waals surface area contributed by atoms with Gasteiger partial charge in [0.25, 0.3) is 5.56 Å². The van der Waals surface area contributed by atoms with Crippen LogP contribution in [-0.2, 0) is 0 Å². The van der Waals surface area contributed by atoms with Crippen LogP contribution in [0.4, 0.5) is 10.1 Å². The number of nitrogens with one attached hydrogen (secondary N) is 1. The van der Waals surface area contributed by atoms with E-state index in [-0.39, 0.29) is 11.5 Å². The molecule has 2 rings (SSSR count). The number of nitrogens with two attached hydrogens (primary N) is 1. The maximum Gasteiger partial charge on any atom is 0.274 e. The Labute approximate surface area is 84.6 Å². The Hall–Kier alpha value is -2.17. The number of rotatable bonds is 1. The van der Waals surface area contributed by atoms with Crippen LogP contribution in [0.3, 0.4) is 0 Å². The highest BCUT2D eigenvalue weighted by Gasteiger charge is 2.01. The predicted molar refractivity (Wildman–Crippen MR) is 54.7 cm³/mol. The van der Waals surface area contributed by atoms with Crippen LogP contribution in [0.1, 0.15) is 0 Å². The molecule has 4 nitrogen and oxygen atoms in total. The van der Waals surface area contributed by atoms with E-state index in [1.54, 1.807) is 0 Å². The molecular weight excluding hydrogens is 197 g/mol. The number of aromatic amines is 1. The van der Waals surface area contributed by atoms with E-state index in [0.717, 1.165) is 0 Å². The molecule has 0 atom stereocenters. The molecule has 76 valence electrons. The monoisotopic (exact) mass is 205 g/mol. The SMILES string of the molecule is Nc1cnc(-c2ccc(F)cc2)[nH]c1=O. The van der Waals surface area contributed by atoms with E-state index in [2.05, 4.69) is 9.97 Å². The Morgan fingerprint density at radius 1 is 1.27 bits per heavy atom. The van der Waals surface area contributed by atoms with Gasteiger partial charge in [0, 0.05) is 5.56 Å². The van der Waals surface area contributed by atoms with Gasteiger partial charge in [0.05, 0.1) is 6.20 Å². The second-order valence-electron chi connectivity index (χ2n) is 3.02. The first-order valence-corrected chi connectivity index (χ1v) is 4.27. The fourth-order valence-corrected chi connectivity index (χ4v) is 1.16. The third kappa shape index (κ3) is 1.85. The lowest BCUT2D eigenvalue weighted by molar-refractivity contribution is 0.628. The van der Waals surface area contributed by atoms with E-state index in [0.29, 0.717) is 11.4 Å². The van der Waals surface area contributed by atoms with Gasteiger partial charge in [0.1, 0.15) is 17.3 Å². The zero-order valence-corrected chi connectivity index (χ0v) is 7.70.